The second-order valence-electron chi connectivity index (χ2n) is 3.68. The van der Waals surface area contributed by atoms with Gasteiger partial charge in [-0.1, -0.05) is 5.16 Å². The topological polar surface area (TPSA) is 89.4 Å². The van der Waals surface area contributed by atoms with Crippen molar-refractivity contribution in [3.63, 3.8) is 0 Å². The number of hydrogen-bond acceptors (Lipinski definition) is 4. The van der Waals surface area contributed by atoms with Gasteiger partial charge in [-0.05, 0) is 25.7 Å². The van der Waals surface area contributed by atoms with Crippen LogP contribution < -0.4 is 5.73 Å². The smallest absolute Gasteiger partial charge is 0.270 e. The van der Waals surface area contributed by atoms with Gasteiger partial charge in [0.15, 0.2) is 11.5 Å². The van der Waals surface area contributed by atoms with Gasteiger partial charge in [0, 0.05) is 6.07 Å². The molecule has 0 spiro atoms. The first-order valence-electron chi connectivity index (χ1n) is 4.61. The number of rotatable bonds is 2. The van der Waals surface area contributed by atoms with E-state index in [1.165, 1.54) is 6.07 Å². The lowest BCUT2D eigenvalue weighted by Gasteiger charge is -2.17. The first-order valence-corrected chi connectivity index (χ1v) is 4.61. The highest BCUT2D eigenvalue weighted by Crippen LogP contribution is 2.38. The summed E-state index contributed by atoms with van der Waals surface area (Å²) < 4.78 is 4.91. The van der Waals surface area contributed by atoms with Crippen LogP contribution in [0.1, 0.15) is 41.9 Å². The lowest BCUT2D eigenvalue weighted by molar-refractivity contribution is 0.0163. The summed E-state index contributed by atoms with van der Waals surface area (Å²) in [5.41, 5.74) is 4.15. The van der Waals surface area contributed by atoms with Gasteiger partial charge in [0.25, 0.3) is 5.91 Å². The maximum atomic E-state index is 10.8. The molecule has 0 saturated heterocycles. The molecule has 14 heavy (non-hydrogen) atoms. The Labute approximate surface area is 80.9 Å². The van der Waals surface area contributed by atoms with E-state index in [9.17, 15) is 9.90 Å². The molecule has 1 amide bonds. The fourth-order valence-corrected chi connectivity index (χ4v) is 1.82. The highest BCUT2D eigenvalue weighted by molar-refractivity contribution is 5.90. The summed E-state index contributed by atoms with van der Waals surface area (Å²) in [4.78, 5) is 10.8. The minimum absolute atomic E-state index is 0.0697. The van der Waals surface area contributed by atoms with Crippen molar-refractivity contribution < 1.29 is 14.4 Å². The third-order valence-electron chi connectivity index (χ3n) is 2.65. The first kappa shape index (κ1) is 9.21. The lowest BCUT2D eigenvalue weighted by Crippen LogP contribution is -2.20. The normalized spacial score (nSPS) is 19.8. The number of aromatic nitrogens is 1. The average Bonchev–Trinajstić information content (AvgIpc) is 2.71. The Morgan fingerprint density at radius 3 is 2.71 bits per heavy atom. The van der Waals surface area contributed by atoms with E-state index in [4.69, 9.17) is 10.3 Å². The molecular formula is C9H12N2O3. The summed E-state index contributed by atoms with van der Waals surface area (Å²) in [7, 11) is 0. The number of aliphatic hydroxyl groups is 1. The van der Waals surface area contributed by atoms with Gasteiger partial charge in [0.1, 0.15) is 5.60 Å². The van der Waals surface area contributed by atoms with Gasteiger partial charge in [0.05, 0.1) is 0 Å². The highest BCUT2D eigenvalue weighted by Gasteiger charge is 2.37. The van der Waals surface area contributed by atoms with Crippen LogP contribution in [0.5, 0.6) is 0 Å². The van der Waals surface area contributed by atoms with Crippen LogP contribution in [0.15, 0.2) is 10.6 Å². The van der Waals surface area contributed by atoms with Gasteiger partial charge in [-0.3, -0.25) is 4.79 Å². The molecule has 1 aromatic heterocycles. The second kappa shape index (κ2) is 3.09. The van der Waals surface area contributed by atoms with Gasteiger partial charge < -0.3 is 15.4 Å². The molecule has 0 bridgehead atoms. The van der Waals surface area contributed by atoms with Crippen molar-refractivity contribution in [3.05, 3.63) is 17.5 Å². The quantitative estimate of drug-likeness (QED) is 0.722. The maximum Gasteiger partial charge on any atom is 0.270 e. The van der Waals surface area contributed by atoms with Gasteiger partial charge in [0.2, 0.25) is 0 Å². The van der Waals surface area contributed by atoms with Crippen molar-refractivity contribution in [1.82, 2.24) is 5.16 Å². The standard InChI is InChI=1S/C9H12N2O3/c10-8(12)6-5-7(14-11-6)9(13)3-1-2-4-9/h5,13H,1-4H2,(H2,10,12). The average molecular weight is 196 g/mol. The Morgan fingerprint density at radius 1 is 1.57 bits per heavy atom. The van der Waals surface area contributed by atoms with Gasteiger partial charge in [-0.15, -0.1) is 0 Å². The Morgan fingerprint density at radius 2 is 2.21 bits per heavy atom. The molecule has 0 atom stereocenters. The summed E-state index contributed by atoms with van der Waals surface area (Å²) in [6.45, 7) is 0. The number of nitrogens with two attached hydrogens (primary N) is 1. The van der Waals surface area contributed by atoms with E-state index in [-0.39, 0.29) is 5.69 Å². The van der Waals surface area contributed by atoms with Crippen LogP contribution in [-0.4, -0.2) is 16.2 Å². The van der Waals surface area contributed by atoms with Crippen molar-refractivity contribution in [2.24, 2.45) is 5.73 Å². The molecule has 1 aliphatic rings. The third kappa shape index (κ3) is 1.39. The predicted octanol–water partition coefficient (Wildman–Crippen LogP) is 0.535. The summed E-state index contributed by atoms with van der Waals surface area (Å²) >= 11 is 0. The highest BCUT2D eigenvalue weighted by atomic mass is 16.5. The molecule has 0 unspecified atom stereocenters. The van der Waals surface area contributed by atoms with Crippen molar-refractivity contribution in [3.8, 4) is 0 Å². The summed E-state index contributed by atoms with van der Waals surface area (Å²) in [6, 6.07) is 1.42. The number of amides is 1. The van der Waals surface area contributed by atoms with Crippen LogP contribution in [0.4, 0.5) is 0 Å². The molecule has 0 radical (unpaired) electrons. The molecule has 2 rings (SSSR count). The van der Waals surface area contributed by atoms with Crippen molar-refractivity contribution in [2.45, 2.75) is 31.3 Å². The Balaban J connectivity index is 2.28. The lowest BCUT2D eigenvalue weighted by atomic mass is 9.99. The zero-order valence-electron chi connectivity index (χ0n) is 7.69. The van der Waals surface area contributed by atoms with E-state index in [2.05, 4.69) is 5.16 Å². The zero-order valence-corrected chi connectivity index (χ0v) is 7.69. The van der Waals surface area contributed by atoms with E-state index in [1.807, 2.05) is 0 Å². The molecular weight excluding hydrogens is 184 g/mol. The molecule has 5 heteroatoms. The number of carbonyl (C=O) groups excluding carboxylic acids is 1. The van der Waals surface area contributed by atoms with E-state index in [0.29, 0.717) is 18.6 Å². The van der Waals surface area contributed by atoms with Gasteiger partial charge >= 0.3 is 0 Å². The first-order chi connectivity index (χ1) is 6.62. The van der Waals surface area contributed by atoms with Crippen LogP contribution in [0, 0.1) is 0 Å². The van der Waals surface area contributed by atoms with Crippen LogP contribution in [0.3, 0.4) is 0 Å². The largest absolute Gasteiger partial charge is 0.382 e. The van der Waals surface area contributed by atoms with Crippen molar-refractivity contribution >= 4 is 5.91 Å². The number of primary amides is 1. The van der Waals surface area contributed by atoms with E-state index in [0.717, 1.165) is 12.8 Å². The molecule has 0 aliphatic heterocycles. The van der Waals surface area contributed by atoms with Crippen molar-refractivity contribution in [1.29, 1.82) is 0 Å². The maximum absolute atomic E-state index is 10.8. The number of nitrogens with zero attached hydrogens (tertiary/aromatic N) is 1. The Kier molecular flexibility index (Phi) is 2.03. The van der Waals surface area contributed by atoms with E-state index < -0.39 is 11.5 Å². The summed E-state index contributed by atoms with van der Waals surface area (Å²) in [6.07, 6.45) is 3.23. The second-order valence-corrected chi connectivity index (χ2v) is 3.68. The van der Waals surface area contributed by atoms with E-state index >= 15 is 0 Å². The van der Waals surface area contributed by atoms with Crippen LogP contribution in [-0.2, 0) is 5.60 Å². The molecule has 1 aromatic rings. The molecule has 1 saturated carbocycles. The summed E-state index contributed by atoms with van der Waals surface area (Å²) in [5, 5.41) is 13.6. The molecule has 1 fully saturated rings. The Hall–Kier alpha value is -1.36. The molecule has 1 aliphatic carbocycles. The minimum Gasteiger partial charge on any atom is -0.382 e. The van der Waals surface area contributed by atoms with Gasteiger partial charge in [-0.25, -0.2) is 0 Å². The van der Waals surface area contributed by atoms with Crippen molar-refractivity contribution in [2.75, 3.05) is 0 Å². The molecule has 5 nitrogen and oxygen atoms in total. The molecule has 76 valence electrons. The number of hydrogen-bond donors (Lipinski definition) is 2. The van der Waals surface area contributed by atoms with Crippen LogP contribution in [0.2, 0.25) is 0 Å². The zero-order chi connectivity index (χ0) is 10.2. The predicted molar refractivity (Wildman–Crippen MR) is 47.4 cm³/mol. The van der Waals surface area contributed by atoms with E-state index in [1.54, 1.807) is 0 Å². The monoisotopic (exact) mass is 196 g/mol. The number of carbonyl (C=O) groups is 1. The molecule has 3 N–H and O–H groups in total. The van der Waals surface area contributed by atoms with Crippen LogP contribution in [0.25, 0.3) is 0 Å². The third-order valence-corrected chi connectivity index (χ3v) is 2.65. The SMILES string of the molecule is NC(=O)c1cc(C2(O)CCCC2)on1. The molecule has 1 heterocycles. The van der Waals surface area contributed by atoms with Crippen LogP contribution >= 0.6 is 0 Å². The Bertz CT molecular complexity index is 353. The minimum atomic E-state index is -0.944. The fraction of sp³-hybridized carbons (Fsp3) is 0.556. The molecule has 0 aromatic carbocycles. The summed E-state index contributed by atoms with van der Waals surface area (Å²) in [5.74, 6) is -0.287. The fourth-order valence-electron chi connectivity index (χ4n) is 1.82. The van der Waals surface area contributed by atoms with Gasteiger partial charge in [-0.2, -0.15) is 0 Å².